The van der Waals surface area contributed by atoms with E-state index >= 15 is 0 Å². The molecule has 0 aliphatic rings. The van der Waals surface area contributed by atoms with Gasteiger partial charge in [-0.15, -0.1) is 0 Å². The van der Waals surface area contributed by atoms with E-state index in [4.69, 9.17) is 0 Å². The van der Waals surface area contributed by atoms with Gasteiger partial charge in [0, 0.05) is 44.3 Å². The van der Waals surface area contributed by atoms with Crippen LogP contribution in [0.3, 0.4) is 0 Å². The Morgan fingerprint density at radius 1 is 0.250 bits per heavy atom. The molecule has 48 heavy (non-hydrogen) atoms. The predicted octanol–water partition coefficient (Wildman–Crippen LogP) is 13.2. The van der Waals surface area contributed by atoms with Gasteiger partial charge < -0.3 is 9.80 Å². The fraction of sp³-hybridized carbons (Fsp3) is 0. The van der Waals surface area contributed by atoms with Crippen molar-refractivity contribution in [2.75, 3.05) is 9.80 Å². The first-order valence-electron chi connectivity index (χ1n) is 16.5. The highest BCUT2D eigenvalue weighted by molar-refractivity contribution is 6.30. The Bertz CT molecular complexity index is 2460. The molecule has 0 saturated carbocycles. The normalized spacial score (nSPS) is 11.3. The van der Waals surface area contributed by atoms with E-state index in [1.807, 2.05) is 0 Å². The molecule has 0 amide bonds. The molecular formula is C46H32N2. The van der Waals surface area contributed by atoms with Gasteiger partial charge in [0.25, 0.3) is 0 Å². The molecule has 0 aliphatic heterocycles. The molecule has 0 aromatic heterocycles. The molecule has 2 nitrogen and oxygen atoms in total. The predicted molar refractivity (Wildman–Crippen MR) is 206 cm³/mol. The summed E-state index contributed by atoms with van der Waals surface area (Å²) < 4.78 is 0. The van der Waals surface area contributed by atoms with Crippen molar-refractivity contribution in [3.8, 4) is 0 Å². The number of fused-ring (bicyclic) bond motifs is 5. The Hall–Kier alpha value is -6.38. The van der Waals surface area contributed by atoms with Crippen LogP contribution in [-0.4, -0.2) is 0 Å². The summed E-state index contributed by atoms with van der Waals surface area (Å²) in [4.78, 5) is 4.89. The molecule has 0 spiro atoms. The van der Waals surface area contributed by atoms with Crippen LogP contribution < -0.4 is 9.80 Å². The van der Waals surface area contributed by atoms with Gasteiger partial charge in [0.1, 0.15) is 0 Å². The summed E-state index contributed by atoms with van der Waals surface area (Å²) in [5, 5.41) is 9.65. The van der Waals surface area contributed by atoms with Gasteiger partial charge in [-0.25, -0.2) is 0 Å². The number of benzene rings is 9. The summed E-state index contributed by atoms with van der Waals surface area (Å²) >= 11 is 0. The molecule has 0 atom stereocenters. The van der Waals surface area contributed by atoms with Gasteiger partial charge in [0.15, 0.2) is 0 Å². The zero-order valence-electron chi connectivity index (χ0n) is 26.4. The minimum absolute atomic E-state index is 1.11. The Morgan fingerprint density at radius 2 is 0.625 bits per heavy atom. The minimum atomic E-state index is 1.11. The molecule has 0 fully saturated rings. The number of nitrogens with zero attached hydrogens (tertiary/aromatic N) is 2. The zero-order valence-corrected chi connectivity index (χ0v) is 26.4. The van der Waals surface area contributed by atoms with Gasteiger partial charge >= 0.3 is 0 Å². The van der Waals surface area contributed by atoms with Crippen LogP contribution in [0.15, 0.2) is 194 Å². The van der Waals surface area contributed by atoms with Crippen molar-refractivity contribution >= 4 is 77.2 Å². The molecular weight excluding hydrogens is 581 g/mol. The highest BCUT2D eigenvalue weighted by Crippen LogP contribution is 2.53. The lowest BCUT2D eigenvalue weighted by Crippen LogP contribution is -2.14. The maximum absolute atomic E-state index is 2.45. The Labute approximate surface area is 280 Å². The van der Waals surface area contributed by atoms with E-state index < -0.39 is 0 Å². The van der Waals surface area contributed by atoms with Crippen LogP contribution in [0.4, 0.5) is 34.1 Å². The molecule has 226 valence electrons. The van der Waals surface area contributed by atoms with Gasteiger partial charge in [-0.1, -0.05) is 133 Å². The van der Waals surface area contributed by atoms with Crippen LogP contribution in [0.1, 0.15) is 0 Å². The molecule has 0 unspecified atom stereocenters. The van der Waals surface area contributed by atoms with Gasteiger partial charge in [-0.05, 0) is 82.2 Å². The summed E-state index contributed by atoms with van der Waals surface area (Å²) in [5.74, 6) is 0. The highest BCUT2D eigenvalue weighted by atomic mass is 15.2. The van der Waals surface area contributed by atoms with Crippen LogP contribution in [0.5, 0.6) is 0 Å². The molecule has 0 bridgehead atoms. The SMILES string of the molecule is c1ccc(N(c2ccccc2)c2c3cc4ccccc4cc3c(N(c3ccccc3)c3ccccc3)c3c2ccc2ccccc23)cc1. The first kappa shape index (κ1) is 27.9. The van der Waals surface area contributed by atoms with E-state index in [-0.39, 0.29) is 0 Å². The molecule has 0 radical (unpaired) electrons. The van der Waals surface area contributed by atoms with E-state index in [1.165, 1.54) is 54.5 Å². The fourth-order valence-electron chi connectivity index (χ4n) is 7.23. The topological polar surface area (TPSA) is 6.48 Å². The number of para-hydroxylation sites is 4. The first-order chi connectivity index (χ1) is 23.8. The average molecular weight is 613 g/mol. The summed E-state index contributed by atoms with van der Waals surface area (Å²) in [6, 6.07) is 70.0. The quantitative estimate of drug-likeness (QED) is 0.105. The van der Waals surface area contributed by atoms with E-state index in [2.05, 4.69) is 204 Å². The number of hydrogen-bond acceptors (Lipinski definition) is 2. The standard InChI is InChI=1S/C46H32N2/c1-5-20-36(21-6-1)47(37-22-7-2-8-23-37)45-41-30-29-33-17-15-16-28-40(33)44(41)46(43-32-35-19-14-13-18-34(35)31-42(43)45)48(38-24-9-3-10-25-38)39-26-11-4-12-27-39/h1-32H. The first-order valence-corrected chi connectivity index (χ1v) is 16.5. The van der Waals surface area contributed by atoms with Crippen LogP contribution in [-0.2, 0) is 0 Å². The van der Waals surface area contributed by atoms with Crippen LogP contribution in [0.2, 0.25) is 0 Å². The lowest BCUT2D eigenvalue weighted by Gasteiger charge is -2.33. The lowest BCUT2D eigenvalue weighted by molar-refractivity contribution is 1.30. The van der Waals surface area contributed by atoms with Crippen molar-refractivity contribution in [2.24, 2.45) is 0 Å². The minimum Gasteiger partial charge on any atom is -0.309 e. The van der Waals surface area contributed by atoms with Crippen molar-refractivity contribution in [1.82, 2.24) is 0 Å². The lowest BCUT2D eigenvalue weighted by atomic mass is 9.90. The third kappa shape index (κ3) is 4.66. The maximum Gasteiger partial charge on any atom is 0.0626 e. The average Bonchev–Trinajstić information content (AvgIpc) is 3.16. The number of hydrogen-bond donors (Lipinski definition) is 0. The number of anilines is 6. The van der Waals surface area contributed by atoms with Gasteiger partial charge in [-0.3, -0.25) is 0 Å². The molecule has 0 N–H and O–H groups in total. The molecule has 9 rings (SSSR count). The molecule has 0 heterocycles. The fourth-order valence-corrected chi connectivity index (χ4v) is 7.23. The third-order valence-electron chi connectivity index (χ3n) is 9.32. The Balaban J connectivity index is 1.55. The Kier molecular flexibility index (Phi) is 6.84. The monoisotopic (exact) mass is 612 g/mol. The van der Waals surface area contributed by atoms with Crippen molar-refractivity contribution in [1.29, 1.82) is 0 Å². The molecule has 2 heteroatoms. The van der Waals surface area contributed by atoms with Crippen molar-refractivity contribution < 1.29 is 0 Å². The van der Waals surface area contributed by atoms with Gasteiger partial charge in [0.2, 0.25) is 0 Å². The van der Waals surface area contributed by atoms with Crippen molar-refractivity contribution in [3.63, 3.8) is 0 Å². The van der Waals surface area contributed by atoms with Crippen LogP contribution in [0, 0.1) is 0 Å². The largest absolute Gasteiger partial charge is 0.309 e. The summed E-state index contributed by atoms with van der Waals surface area (Å²) in [6.45, 7) is 0. The summed E-state index contributed by atoms with van der Waals surface area (Å²) in [7, 11) is 0. The zero-order chi connectivity index (χ0) is 31.9. The molecule has 9 aromatic rings. The van der Waals surface area contributed by atoms with Gasteiger partial charge in [0.05, 0.1) is 11.4 Å². The summed E-state index contributed by atoms with van der Waals surface area (Å²) in [6.07, 6.45) is 0. The molecule has 0 aliphatic carbocycles. The second-order valence-corrected chi connectivity index (χ2v) is 12.2. The second kappa shape index (κ2) is 11.8. The highest BCUT2D eigenvalue weighted by Gasteiger charge is 2.26. The summed E-state index contributed by atoms with van der Waals surface area (Å²) in [5.41, 5.74) is 6.79. The van der Waals surface area contributed by atoms with Crippen molar-refractivity contribution in [3.05, 3.63) is 194 Å². The Morgan fingerprint density at radius 3 is 1.10 bits per heavy atom. The number of rotatable bonds is 6. The van der Waals surface area contributed by atoms with E-state index in [0.29, 0.717) is 0 Å². The molecule has 0 saturated heterocycles. The molecule has 9 aromatic carbocycles. The van der Waals surface area contributed by atoms with E-state index in [9.17, 15) is 0 Å². The van der Waals surface area contributed by atoms with Crippen molar-refractivity contribution in [2.45, 2.75) is 0 Å². The third-order valence-corrected chi connectivity index (χ3v) is 9.32. The van der Waals surface area contributed by atoms with Crippen LogP contribution in [0.25, 0.3) is 43.1 Å². The van der Waals surface area contributed by atoms with Crippen LogP contribution >= 0.6 is 0 Å². The van der Waals surface area contributed by atoms with E-state index in [0.717, 1.165) is 22.7 Å². The smallest absolute Gasteiger partial charge is 0.0626 e. The second-order valence-electron chi connectivity index (χ2n) is 12.2. The van der Waals surface area contributed by atoms with E-state index in [1.54, 1.807) is 0 Å². The van der Waals surface area contributed by atoms with Gasteiger partial charge in [-0.2, -0.15) is 0 Å². The maximum atomic E-state index is 2.45.